The van der Waals surface area contributed by atoms with E-state index in [0.29, 0.717) is 22.7 Å². The Morgan fingerprint density at radius 3 is 2.30 bits per heavy atom. The fourth-order valence-corrected chi connectivity index (χ4v) is 3.00. The number of amides is 2. The lowest BCUT2D eigenvalue weighted by Crippen LogP contribution is -2.41. The summed E-state index contributed by atoms with van der Waals surface area (Å²) in [4.78, 5) is 38.6. The summed E-state index contributed by atoms with van der Waals surface area (Å²) in [6.07, 6.45) is 0. The zero-order chi connectivity index (χ0) is 24.4. The van der Waals surface area contributed by atoms with Crippen molar-refractivity contribution in [3.63, 3.8) is 0 Å². The molecular formula is C24H30N2O7. The summed E-state index contributed by atoms with van der Waals surface area (Å²) in [6, 6.07) is 11.4. The number of para-hydroxylation sites is 2. The van der Waals surface area contributed by atoms with Gasteiger partial charge in [-0.25, -0.2) is 0 Å². The van der Waals surface area contributed by atoms with Crippen molar-refractivity contribution >= 4 is 23.5 Å². The molecule has 0 aliphatic carbocycles. The summed E-state index contributed by atoms with van der Waals surface area (Å²) in [5, 5.41) is 2.72. The Hall–Kier alpha value is -3.75. The highest BCUT2D eigenvalue weighted by Crippen LogP contribution is 2.29. The van der Waals surface area contributed by atoms with Gasteiger partial charge in [0.05, 0.1) is 26.5 Å². The van der Waals surface area contributed by atoms with Gasteiger partial charge in [0.25, 0.3) is 11.8 Å². The first-order valence-electron chi connectivity index (χ1n) is 10.5. The van der Waals surface area contributed by atoms with E-state index in [2.05, 4.69) is 5.32 Å². The Morgan fingerprint density at radius 1 is 0.970 bits per heavy atom. The monoisotopic (exact) mass is 458 g/mol. The second kappa shape index (κ2) is 12.3. The van der Waals surface area contributed by atoms with E-state index in [9.17, 15) is 14.4 Å². The molecule has 178 valence electrons. The number of nitrogens with one attached hydrogen (secondary N) is 1. The molecule has 0 aliphatic rings. The molecule has 0 saturated heterocycles. The number of hydrogen-bond donors (Lipinski definition) is 1. The van der Waals surface area contributed by atoms with E-state index in [1.807, 2.05) is 13.8 Å². The van der Waals surface area contributed by atoms with Crippen molar-refractivity contribution in [3.8, 4) is 17.2 Å². The van der Waals surface area contributed by atoms with Crippen LogP contribution in [0.4, 0.5) is 5.69 Å². The smallest absolute Gasteiger partial charge is 0.325 e. The van der Waals surface area contributed by atoms with Crippen molar-refractivity contribution in [2.24, 2.45) is 0 Å². The van der Waals surface area contributed by atoms with Gasteiger partial charge in [0.1, 0.15) is 12.3 Å². The molecule has 0 fully saturated rings. The SMILES string of the molecule is CCOC(=O)CN(C(=O)c1ccc(OCC(=O)Nc2ccccc2OC)c(OC)c1)C(C)C. The number of anilines is 1. The van der Waals surface area contributed by atoms with E-state index in [4.69, 9.17) is 18.9 Å². The zero-order valence-corrected chi connectivity index (χ0v) is 19.5. The third-order valence-electron chi connectivity index (χ3n) is 4.64. The van der Waals surface area contributed by atoms with Gasteiger partial charge >= 0.3 is 5.97 Å². The predicted octanol–water partition coefficient (Wildman–Crippen LogP) is 3.14. The van der Waals surface area contributed by atoms with Crippen molar-refractivity contribution in [2.45, 2.75) is 26.8 Å². The molecule has 0 unspecified atom stereocenters. The van der Waals surface area contributed by atoms with Crippen LogP contribution in [0.5, 0.6) is 17.2 Å². The summed E-state index contributed by atoms with van der Waals surface area (Å²) >= 11 is 0. The van der Waals surface area contributed by atoms with Crippen molar-refractivity contribution in [1.82, 2.24) is 4.90 Å². The molecule has 9 nitrogen and oxygen atoms in total. The van der Waals surface area contributed by atoms with Crippen LogP contribution in [0.25, 0.3) is 0 Å². The van der Waals surface area contributed by atoms with Gasteiger partial charge in [-0.1, -0.05) is 12.1 Å². The van der Waals surface area contributed by atoms with Crippen LogP contribution in [-0.4, -0.2) is 62.7 Å². The number of methoxy groups -OCH3 is 2. The quantitative estimate of drug-likeness (QED) is 0.516. The highest BCUT2D eigenvalue weighted by Gasteiger charge is 2.23. The first-order chi connectivity index (χ1) is 15.8. The summed E-state index contributed by atoms with van der Waals surface area (Å²) in [5.74, 6) is -0.105. The lowest BCUT2D eigenvalue weighted by atomic mass is 10.1. The molecule has 0 saturated carbocycles. The third kappa shape index (κ3) is 7.13. The van der Waals surface area contributed by atoms with Gasteiger partial charge in [-0.05, 0) is 51.1 Å². The fourth-order valence-electron chi connectivity index (χ4n) is 3.00. The molecule has 0 heterocycles. The molecule has 2 amide bonds. The molecule has 0 spiro atoms. The van der Waals surface area contributed by atoms with E-state index in [-0.39, 0.29) is 43.4 Å². The van der Waals surface area contributed by atoms with Gasteiger partial charge in [-0.15, -0.1) is 0 Å². The molecule has 0 atom stereocenters. The van der Waals surface area contributed by atoms with E-state index in [1.165, 1.54) is 25.2 Å². The Labute approximate surface area is 193 Å². The number of hydrogen-bond acceptors (Lipinski definition) is 7. The Bertz CT molecular complexity index is 975. The number of carbonyl (C=O) groups excluding carboxylic acids is 3. The zero-order valence-electron chi connectivity index (χ0n) is 19.5. The highest BCUT2D eigenvalue weighted by atomic mass is 16.5. The Morgan fingerprint density at radius 2 is 1.67 bits per heavy atom. The largest absolute Gasteiger partial charge is 0.495 e. The highest BCUT2D eigenvalue weighted by molar-refractivity contribution is 5.97. The molecule has 33 heavy (non-hydrogen) atoms. The first-order valence-corrected chi connectivity index (χ1v) is 10.5. The summed E-state index contributed by atoms with van der Waals surface area (Å²) < 4.78 is 21.1. The molecule has 2 aromatic carbocycles. The lowest BCUT2D eigenvalue weighted by molar-refractivity contribution is -0.144. The molecule has 9 heteroatoms. The number of carbonyl (C=O) groups is 3. The molecule has 2 aromatic rings. The second-order valence-corrected chi connectivity index (χ2v) is 7.23. The molecule has 1 N–H and O–H groups in total. The van der Waals surface area contributed by atoms with Crippen LogP contribution < -0.4 is 19.5 Å². The Balaban J connectivity index is 2.09. The molecule has 0 bridgehead atoms. The topological polar surface area (TPSA) is 103 Å². The number of nitrogens with zero attached hydrogens (tertiary/aromatic N) is 1. The average Bonchev–Trinajstić information content (AvgIpc) is 2.81. The number of benzene rings is 2. The average molecular weight is 459 g/mol. The van der Waals surface area contributed by atoms with Crippen LogP contribution in [0.15, 0.2) is 42.5 Å². The minimum atomic E-state index is -0.479. The minimum absolute atomic E-state index is 0.159. The first kappa shape index (κ1) is 25.5. The molecule has 0 radical (unpaired) electrons. The van der Waals surface area contributed by atoms with Gasteiger partial charge in [0.15, 0.2) is 18.1 Å². The van der Waals surface area contributed by atoms with Crippen LogP contribution in [0.3, 0.4) is 0 Å². The van der Waals surface area contributed by atoms with Gasteiger partial charge in [0, 0.05) is 11.6 Å². The molecule has 2 rings (SSSR count). The van der Waals surface area contributed by atoms with Crippen LogP contribution in [-0.2, 0) is 14.3 Å². The minimum Gasteiger partial charge on any atom is -0.495 e. The van der Waals surface area contributed by atoms with Crippen LogP contribution in [0.1, 0.15) is 31.1 Å². The van der Waals surface area contributed by atoms with Gasteiger partial charge in [-0.2, -0.15) is 0 Å². The van der Waals surface area contributed by atoms with Crippen molar-refractivity contribution < 1.29 is 33.3 Å². The maximum atomic E-state index is 13.0. The summed E-state index contributed by atoms with van der Waals surface area (Å²) in [5.41, 5.74) is 0.840. The van der Waals surface area contributed by atoms with Crippen molar-refractivity contribution in [2.75, 3.05) is 39.3 Å². The van der Waals surface area contributed by atoms with Crippen molar-refractivity contribution in [1.29, 1.82) is 0 Å². The Kier molecular flexibility index (Phi) is 9.53. The third-order valence-corrected chi connectivity index (χ3v) is 4.64. The summed E-state index contributed by atoms with van der Waals surface area (Å²) in [6.45, 7) is 5.14. The number of ether oxygens (including phenoxy) is 4. The number of esters is 1. The predicted molar refractivity (Wildman–Crippen MR) is 123 cm³/mol. The summed E-state index contributed by atoms with van der Waals surface area (Å²) in [7, 11) is 2.95. The maximum absolute atomic E-state index is 13.0. The number of rotatable bonds is 11. The standard InChI is InChI=1S/C24H30N2O7/c1-6-32-23(28)14-26(16(2)3)24(29)17-11-12-20(21(13-17)31-5)33-15-22(27)25-18-9-7-8-10-19(18)30-4/h7-13,16H,6,14-15H2,1-5H3,(H,25,27). The van der Waals surface area contributed by atoms with E-state index in [0.717, 1.165) is 0 Å². The van der Waals surface area contributed by atoms with Crippen LogP contribution in [0.2, 0.25) is 0 Å². The van der Waals surface area contributed by atoms with E-state index >= 15 is 0 Å². The lowest BCUT2D eigenvalue weighted by Gasteiger charge is -2.26. The van der Waals surface area contributed by atoms with Gasteiger partial charge in [-0.3, -0.25) is 14.4 Å². The van der Waals surface area contributed by atoms with E-state index < -0.39 is 5.97 Å². The van der Waals surface area contributed by atoms with Gasteiger partial charge < -0.3 is 29.2 Å². The maximum Gasteiger partial charge on any atom is 0.325 e. The normalized spacial score (nSPS) is 10.4. The fraction of sp³-hybridized carbons (Fsp3) is 0.375. The molecule has 0 aromatic heterocycles. The van der Waals surface area contributed by atoms with Crippen molar-refractivity contribution in [3.05, 3.63) is 48.0 Å². The van der Waals surface area contributed by atoms with E-state index in [1.54, 1.807) is 43.3 Å². The molecular weight excluding hydrogens is 428 g/mol. The molecule has 0 aliphatic heterocycles. The van der Waals surface area contributed by atoms with Crippen LogP contribution >= 0.6 is 0 Å². The second-order valence-electron chi connectivity index (χ2n) is 7.23. The van der Waals surface area contributed by atoms with Gasteiger partial charge in [0.2, 0.25) is 0 Å². The van der Waals surface area contributed by atoms with Crippen LogP contribution in [0, 0.1) is 0 Å².